The average Bonchev–Trinajstić information content (AvgIpc) is 3.42. The van der Waals surface area contributed by atoms with Gasteiger partial charge < -0.3 is 14.7 Å². The van der Waals surface area contributed by atoms with E-state index >= 15 is 0 Å². The number of thiazole rings is 1. The lowest BCUT2D eigenvalue weighted by Gasteiger charge is -2.15. The van der Waals surface area contributed by atoms with Gasteiger partial charge in [0.2, 0.25) is 0 Å². The maximum Gasteiger partial charge on any atom is 0.413 e. The number of unbranched alkanes of at least 4 members (excludes halogenated alkanes) is 1. The molecule has 0 saturated carbocycles. The van der Waals surface area contributed by atoms with Gasteiger partial charge in [-0.3, -0.25) is 14.9 Å². The number of carboxylic acid groups (broad SMARTS) is 1. The minimum Gasteiger partial charge on any atom is -0.481 e. The standard InChI is InChI=1S/C25H25N3O5S/c1-28(13-7-6-12-22(29)30)23(31)21-15-34-24(26-21)27-25(32)33-14-20-18-10-4-2-8-16(18)17-9-3-5-11-19(17)20/h2-5,8-11,15,20H,6-7,12-14H2,1H3,(H,29,30)(H,26,27,32). The molecule has 2 aromatic carbocycles. The van der Waals surface area contributed by atoms with Crippen LogP contribution in [0.5, 0.6) is 0 Å². The molecule has 8 nitrogen and oxygen atoms in total. The van der Waals surface area contributed by atoms with Gasteiger partial charge in [-0.25, -0.2) is 9.78 Å². The monoisotopic (exact) mass is 479 g/mol. The number of carboxylic acids is 1. The Morgan fingerprint density at radius 2 is 1.71 bits per heavy atom. The highest BCUT2D eigenvalue weighted by Gasteiger charge is 2.29. The van der Waals surface area contributed by atoms with Crippen molar-refractivity contribution in [3.8, 4) is 11.1 Å². The molecule has 2 amide bonds. The van der Waals surface area contributed by atoms with Crippen LogP contribution in [0.1, 0.15) is 46.8 Å². The van der Waals surface area contributed by atoms with Crippen LogP contribution in [0.2, 0.25) is 0 Å². The van der Waals surface area contributed by atoms with Gasteiger partial charge in [-0.2, -0.15) is 0 Å². The SMILES string of the molecule is CN(CCCCC(=O)O)C(=O)c1csc(NC(=O)OCC2c3ccccc3-c3ccccc32)n1. The summed E-state index contributed by atoms with van der Waals surface area (Å²) in [4.78, 5) is 41.2. The number of hydrogen-bond acceptors (Lipinski definition) is 6. The molecule has 34 heavy (non-hydrogen) atoms. The fourth-order valence-corrected chi connectivity index (χ4v) is 4.74. The van der Waals surface area contributed by atoms with Gasteiger partial charge in [-0.05, 0) is 35.1 Å². The van der Waals surface area contributed by atoms with E-state index in [0.717, 1.165) is 33.6 Å². The molecule has 0 bridgehead atoms. The molecule has 1 heterocycles. The van der Waals surface area contributed by atoms with Crippen molar-refractivity contribution in [3.05, 3.63) is 70.7 Å². The summed E-state index contributed by atoms with van der Waals surface area (Å²) in [5.41, 5.74) is 4.79. The second-order valence-corrected chi connectivity index (χ2v) is 8.92. The van der Waals surface area contributed by atoms with E-state index in [-0.39, 0.29) is 35.7 Å². The minimum absolute atomic E-state index is 0.0404. The topological polar surface area (TPSA) is 109 Å². The van der Waals surface area contributed by atoms with Crippen molar-refractivity contribution in [2.24, 2.45) is 0 Å². The third-order valence-electron chi connectivity index (χ3n) is 5.76. The van der Waals surface area contributed by atoms with Gasteiger partial charge in [0.15, 0.2) is 5.13 Å². The van der Waals surface area contributed by atoms with Crippen molar-refractivity contribution >= 4 is 34.4 Å². The van der Waals surface area contributed by atoms with Gasteiger partial charge in [0.25, 0.3) is 5.91 Å². The molecule has 0 fully saturated rings. The normalized spacial score (nSPS) is 12.0. The van der Waals surface area contributed by atoms with Crippen LogP contribution in [0.25, 0.3) is 11.1 Å². The van der Waals surface area contributed by atoms with Crippen molar-refractivity contribution in [1.82, 2.24) is 9.88 Å². The largest absolute Gasteiger partial charge is 0.481 e. The van der Waals surface area contributed by atoms with E-state index in [9.17, 15) is 14.4 Å². The first-order chi connectivity index (χ1) is 16.4. The summed E-state index contributed by atoms with van der Waals surface area (Å²) in [5, 5.41) is 13.2. The van der Waals surface area contributed by atoms with Crippen LogP contribution >= 0.6 is 11.3 Å². The molecule has 0 radical (unpaired) electrons. The Morgan fingerprint density at radius 3 is 2.35 bits per heavy atom. The Bertz CT molecular complexity index is 1160. The number of amides is 2. The first-order valence-corrected chi connectivity index (χ1v) is 11.9. The van der Waals surface area contributed by atoms with E-state index in [1.165, 1.54) is 4.90 Å². The summed E-state index contributed by atoms with van der Waals surface area (Å²) >= 11 is 1.14. The van der Waals surface area contributed by atoms with Gasteiger partial charge in [0.05, 0.1) is 0 Å². The van der Waals surface area contributed by atoms with Gasteiger partial charge in [0.1, 0.15) is 12.3 Å². The van der Waals surface area contributed by atoms with Gasteiger partial charge >= 0.3 is 12.1 Å². The van der Waals surface area contributed by atoms with E-state index in [1.807, 2.05) is 24.3 Å². The maximum absolute atomic E-state index is 12.5. The number of nitrogens with zero attached hydrogens (tertiary/aromatic N) is 2. The zero-order valence-corrected chi connectivity index (χ0v) is 19.5. The molecule has 0 atom stereocenters. The van der Waals surface area contributed by atoms with Gasteiger partial charge in [-0.1, -0.05) is 48.5 Å². The van der Waals surface area contributed by atoms with Crippen LogP contribution in [0.15, 0.2) is 53.9 Å². The molecule has 9 heteroatoms. The Labute approximate surface area is 201 Å². The zero-order chi connectivity index (χ0) is 24.1. The number of rotatable bonds is 9. The molecule has 1 aliphatic rings. The summed E-state index contributed by atoms with van der Waals surface area (Å²) in [5.74, 6) is -1.18. The predicted octanol–water partition coefficient (Wildman–Crippen LogP) is 4.83. The minimum atomic E-state index is -0.850. The average molecular weight is 480 g/mol. The van der Waals surface area contributed by atoms with E-state index in [4.69, 9.17) is 9.84 Å². The smallest absolute Gasteiger partial charge is 0.413 e. The number of aliphatic carboxylic acids is 1. The van der Waals surface area contributed by atoms with Crippen molar-refractivity contribution in [2.45, 2.75) is 25.2 Å². The molecule has 1 aromatic heterocycles. The number of hydrogen-bond donors (Lipinski definition) is 2. The lowest BCUT2D eigenvalue weighted by molar-refractivity contribution is -0.137. The number of fused-ring (bicyclic) bond motifs is 3. The summed E-state index contributed by atoms with van der Waals surface area (Å²) in [6.07, 6.45) is 0.534. The van der Waals surface area contributed by atoms with Crippen molar-refractivity contribution < 1.29 is 24.2 Å². The number of ether oxygens (including phenoxy) is 1. The van der Waals surface area contributed by atoms with Crippen molar-refractivity contribution in [2.75, 3.05) is 25.5 Å². The fourth-order valence-electron chi connectivity index (χ4n) is 4.07. The van der Waals surface area contributed by atoms with E-state index in [2.05, 4.69) is 34.6 Å². The van der Waals surface area contributed by atoms with Gasteiger partial charge in [-0.15, -0.1) is 11.3 Å². The second kappa shape index (κ2) is 10.5. The molecule has 176 valence electrons. The Hall–Kier alpha value is -3.72. The summed E-state index contributed by atoms with van der Waals surface area (Å²) in [6.45, 7) is 0.620. The van der Waals surface area contributed by atoms with Crippen LogP contribution in [-0.4, -0.2) is 53.2 Å². The van der Waals surface area contributed by atoms with E-state index in [0.29, 0.717) is 19.4 Å². The first kappa shape index (κ1) is 23.4. The second-order valence-electron chi connectivity index (χ2n) is 8.07. The molecule has 0 saturated heterocycles. The predicted molar refractivity (Wildman–Crippen MR) is 129 cm³/mol. The number of carbonyl (C=O) groups is 3. The highest BCUT2D eigenvalue weighted by molar-refractivity contribution is 7.14. The number of benzene rings is 2. The molecule has 1 aliphatic carbocycles. The fraction of sp³-hybridized carbons (Fsp3) is 0.280. The highest BCUT2D eigenvalue weighted by atomic mass is 32.1. The van der Waals surface area contributed by atoms with E-state index in [1.54, 1.807) is 12.4 Å². The van der Waals surface area contributed by atoms with Crippen LogP contribution < -0.4 is 5.32 Å². The van der Waals surface area contributed by atoms with Crippen LogP contribution in [-0.2, 0) is 9.53 Å². The van der Waals surface area contributed by atoms with Crippen molar-refractivity contribution in [1.29, 1.82) is 0 Å². The zero-order valence-electron chi connectivity index (χ0n) is 18.7. The molecule has 4 rings (SSSR count). The molecular formula is C25H25N3O5S. The summed E-state index contributed by atoms with van der Waals surface area (Å²) in [6, 6.07) is 16.2. The summed E-state index contributed by atoms with van der Waals surface area (Å²) in [7, 11) is 1.64. The van der Waals surface area contributed by atoms with Crippen molar-refractivity contribution in [3.63, 3.8) is 0 Å². The molecule has 0 spiro atoms. The Morgan fingerprint density at radius 1 is 1.06 bits per heavy atom. The van der Waals surface area contributed by atoms with Crippen LogP contribution in [0.4, 0.5) is 9.93 Å². The molecule has 3 aromatic rings. The lowest BCUT2D eigenvalue weighted by atomic mass is 9.98. The molecule has 0 unspecified atom stereocenters. The lowest BCUT2D eigenvalue weighted by Crippen LogP contribution is -2.28. The first-order valence-electron chi connectivity index (χ1n) is 11.0. The number of aromatic nitrogens is 1. The quantitative estimate of drug-likeness (QED) is 0.426. The molecule has 0 aliphatic heterocycles. The third-order valence-corrected chi connectivity index (χ3v) is 6.51. The highest BCUT2D eigenvalue weighted by Crippen LogP contribution is 2.44. The summed E-state index contributed by atoms with van der Waals surface area (Å²) < 4.78 is 5.52. The number of nitrogens with one attached hydrogen (secondary N) is 1. The molecular weight excluding hydrogens is 454 g/mol. The molecule has 2 N–H and O–H groups in total. The van der Waals surface area contributed by atoms with Crippen LogP contribution in [0, 0.1) is 0 Å². The van der Waals surface area contributed by atoms with Gasteiger partial charge in [0, 0.05) is 31.3 Å². The Balaban J connectivity index is 1.31. The number of carbonyl (C=O) groups excluding carboxylic acids is 2. The van der Waals surface area contributed by atoms with Crippen LogP contribution in [0.3, 0.4) is 0 Å². The Kier molecular flexibility index (Phi) is 7.22. The third kappa shape index (κ3) is 5.26. The maximum atomic E-state index is 12.5. The number of anilines is 1. The van der Waals surface area contributed by atoms with E-state index < -0.39 is 12.1 Å².